The van der Waals surface area contributed by atoms with Gasteiger partial charge in [-0.1, -0.05) is 40.2 Å². The molecule has 0 saturated heterocycles. The van der Waals surface area contributed by atoms with Crippen molar-refractivity contribution >= 4 is 53.7 Å². The van der Waals surface area contributed by atoms with E-state index in [4.69, 9.17) is 0 Å². The minimum absolute atomic E-state index is 0.216. The number of halogens is 2. The van der Waals surface area contributed by atoms with E-state index >= 15 is 0 Å². The summed E-state index contributed by atoms with van der Waals surface area (Å²) in [6.45, 7) is 0. The van der Waals surface area contributed by atoms with E-state index in [1.54, 1.807) is 36.7 Å². The molecule has 0 saturated carbocycles. The number of aromatic hydroxyl groups is 2. The summed E-state index contributed by atoms with van der Waals surface area (Å²) in [5.41, 5.74) is 1.27. The van der Waals surface area contributed by atoms with Crippen molar-refractivity contribution in [2.75, 3.05) is 0 Å². The van der Waals surface area contributed by atoms with Gasteiger partial charge < -0.3 is 10.2 Å². The van der Waals surface area contributed by atoms with Crippen LogP contribution in [0.5, 0.6) is 11.5 Å². The third-order valence-corrected chi connectivity index (χ3v) is 4.48. The first-order valence-corrected chi connectivity index (χ1v) is 8.60. The first kappa shape index (κ1) is 16.7. The van der Waals surface area contributed by atoms with Crippen molar-refractivity contribution in [2.45, 2.75) is 0 Å². The number of rotatable bonds is 0. The third kappa shape index (κ3) is 3.49. The first-order valence-electron chi connectivity index (χ1n) is 7.01. The average molecular weight is 448 g/mol. The molecule has 0 aliphatic carbocycles. The summed E-state index contributed by atoms with van der Waals surface area (Å²) < 4.78 is 1.86. The number of phenolic OH excluding ortho intramolecular Hbond substituents is 2. The summed E-state index contributed by atoms with van der Waals surface area (Å²) >= 11 is 6.69. The van der Waals surface area contributed by atoms with Crippen LogP contribution in [0.1, 0.15) is 0 Å². The van der Waals surface area contributed by atoms with Crippen molar-refractivity contribution in [1.29, 1.82) is 0 Å². The molecule has 2 aromatic heterocycles. The summed E-state index contributed by atoms with van der Waals surface area (Å²) in [6, 6.07) is 14.4. The number of fused-ring (bicyclic) bond motifs is 2. The number of pyridine rings is 2. The van der Waals surface area contributed by atoms with Crippen LogP contribution in [0.3, 0.4) is 0 Å². The average Bonchev–Trinajstić information content (AvgIpc) is 2.57. The molecule has 2 N–H and O–H groups in total. The molecule has 0 amide bonds. The number of phenols is 2. The lowest BCUT2D eigenvalue weighted by molar-refractivity contribution is 0.480. The molecule has 0 fully saturated rings. The second-order valence-electron chi connectivity index (χ2n) is 4.97. The molecule has 6 heteroatoms. The van der Waals surface area contributed by atoms with E-state index in [9.17, 15) is 10.2 Å². The number of nitrogens with zero attached hydrogens (tertiary/aromatic N) is 2. The zero-order valence-electron chi connectivity index (χ0n) is 12.3. The topological polar surface area (TPSA) is 66.2 Å². The van der Waals surface area contributed by atoms with Gasteiger partial charge in [-0.2, -0.15) is 0 Å². The van der Waals surface area contributed by atoms with Gasteiger partial charge in [0.25, 0.3) is 0 Å². The highest BCUT2D eigenvalue weighted by molar-refractivity contribution is 9.11. The second kappa shape index (κ2) is 7.15. The Balaban J connectivity index is 0.000000141. The molecule has 120 valence electrons. The maximum absolute atomic E-state index is 9.41. The maximum atomic E-state index is 9.41. The van der Waals surface area contributed by atoms with Crippen LogP contribution in [0, 0.1) is 0 Å². The third-order valence-electron chi connectivity index (χ3n) is 3.35. The quantitative estimate of drug-likeness (QED) is 0.378. The summed E-state index contributed by atoms with van der Waals surface area (Å²) in [5, 5.41) is 20.7. The van der Waals surface area contributed by atoms with E-state index in [0.29, 0.717) is 11.0 Å². The molecule has 0 unspecified atom stereocenters. The van der Waals surface area contributed by atoms with Crippen molar-refractivity contribution in [3.63, 3.8) is 0 Å². The largest absolute Gasteiger partial charge is 0.506 e. The van der Waals surface area contributed by atoms with Crippen LogP contribution in [-0.4, -0.2) is 20.2 Å². The Morgan fingerprint density at radius 1 is 0.792 bits per heavy atom. The van der Waals surface area contributed by atoms with Crippen molar-refractivity contribution < 1.29 is 10.2 Å². The van der Waals surface area contributed by atoms with Crippen molar-refractivity contribution in [2.24, 2.45) is 0 Å². The molecular formula is C18H12Br2N2O2. The van der Waals surface area contributed by atoms with Crippen LogP contribution in [-0.2, 0) is 0 Å². The SMILES string of the molecule is Oc1cccc2c(Br)ccnc12.Oc1cccc2cc(Br)cnc12. The Kier molecular flexibility index (Phi) is 4.97. The number of benzene rings is 2. The zero-order chi connectivity index (χ0) is 17.1. The minimum atomic E-state index is 0.216. The predicted octanol–water partition coefficient (Wildman–Crippen LogP) is 5.41. The molecule has 4 rings (SSSR count). The molecule has 4 aromatic rings. The van der Waals surface area contributed by atoms with Crippen LogP contribution >= 0.6 is 31.9 Å². The lowest BCUT2D eigenvalue weighted by Gasteiger charge is -2.00. The fraction of sp³-hybridized carbons (Fsp3) is 0. The molecule has 2 aromatic carbocycles. The molecule has 0 atom stereocenters. The Bertz CT molecular complexity index is 981. The van der Waals surface area contributed by atoms with E-state index in [1.807, 2.05) is 24.3 Å². The monoisotopic (exact) mass is 446 g/mol. The molecule has 24 heavy (non-hydrogen) atoms. The summed E-state index contributed by atoms with van der Waals surface area (Å²) in [7, 11) is 0. The van der Waals surface area contributed by atoms with Gasteiger partial charge in [0.2, 0.25) is 0 Å². The Morgan fingerprint density at radius 3 is 2.25 bits per heavy atom. The number of aromatic nitrogens is 2. The fourth-order valence-corrected chi connectivity index (χ4v) is 3.03. The number of hydrogen-bond acceptors (Lipinski definition) is 4. The van der Waals surface area contributed by atoms with Crippen LogP contribution in [0.15, 0.2) is 69.9 Å². The zero-order valence-corrected chi connectivity index (χ0v) is 15.5. The standard InChI is InChI=1S/2C9H6BrNO/c10-7-4-6-2-1-3-8(12)9(6)11-5-7;10-7-4-5-11-9-6(7)2-1-3-8(9)12/h2*1-5,12H. The van der Waals surface area contributed by atoms with Gasteiger partial charge in [-0.3, -0.25) is 9.97 Å². The number of hydrogen-bond donors (Lipinski definition) is 2. The van der Waals surface area contributed by atoms with Gasteiger partial charge in [0.1, 0.15) is 22.5 Å². The maximum Gasteiger partial charge on any atom is 0.141 e. The second-order valence-corrected chi connectivity index (χ2v) is 6.74. The lowest BCUT2D eigenvalue weighted by Crippen LogP contribution is -1.79. The molecule has 0 bridgehead atoms. The van der Waals surface area contributed by atoms with Gasteiger partial charge in [-0.25, -0.2) is 0 Å². The van der Waals surface area contributed by atoms with Crippen molar-refractivity contribution in [3.8, 4) is 11.5 Å². The van der Waals surface area contributed by atoms with Crippen molar-refractivity contribution in [1.82, 2.24) is 9.97 Å². The highest BCUT2D eigenvalue weighted by atomic mass is 79.9. The van der Waals surface area contributed by atoms with E-state index in [-0.39, 0.29) is 11.5 Å². The van der Waals surface area contributed by atoms with E-state index in [0.717, 1.165) is 19.7 Å². The smallest absolute Gasteiger partial charge is 0.141 e. The van der Waals surface area contributed by atoms with Crippen LogP contribution in [0.4, 0.5) is 0 Å². The number of para-hydroxylation sites is 2. The Morgan fingerprint density at radius 2 is 1.50 bits per heavy atom. The summed E-state index contributed by atoms with van der Waals surface area (Å²) in [5.74, 6) is 0.439. The summed E-state index contributed by atoms with van der Waals surface area (Å²) in [4.78, 5) is 8.14. The Labute approximate surface area is 155 Å². The molecule has 2 heterocycles. The molecule has 4 nitrogen and oxygen atoms in total. The van der Waals surface area contributed by atoms with Crippen molar-refractivity contribution in [3.05, 3.63) is 69.9 Å². The highest BCUT2D eigenvalue weighted by Crippen LogP contribution is 2.27. The van der Waals surface area contributed by atoms with Gasteiger partial charge in [0.15, 0.2) is 0 Å². The van der Waals surface area contributed by atoms with E-state index in [1.165, 1.54) is 0 Å². The van der Waals surface area contributed by atoms with Gasteiger partial charge in [-0.15, -0.1) is 0 Å². The van der Waals surface area contributed by atoms with Crippen LogP contribution < -0.4 is 0 Å². The van der Waals surface area contributed by atoms with Gasteiger partial charge >= 0.3 is 0 Å². The van der Waals surface area contributed by atoms with Crippen LogP contribution in [0.2, 0.25) is 0 Å². The van der Waals surface area contributed by atoms with E-state index in [2.05, 4.69) is 41.8 Å². The lowest BCUT2D eigenvalue weighted by atomic mass is 10.2. The minimum Gasteiger partial charge on any atom is -0.506 e. The molecule has 0 radical (unpaired) electrons. The molecule has 0 aliphatic rings. The first-order chi connectivity index (χ1) is 11.6. The van der Waals surface area contributed by atoms with Gasteiger partial charge in [0.05, 0.1) is 0 Å². The Hall–Kier alpha value is -2.18. The van der Waals surface area contributed by atoms with E-state index < -0.39 is 0 Å². The fourth-order valence-electron chi connectivity index (χ4n) is 2.24. The molecule has 0 spiro atoms. The highest BCUT2D eigenvalue weighted by Gasteiger charge is 2.02. The predicted molar refractivity (Wildman–Crippen MR) is 102 cm³/mol. The molecule has 0 aliphatic heterocycles. The summed E-state index contributed by atoms with van der Waals surface area (Å²) in [6.07, 6.45) is 3.33. The van der Waals surface area contributed by atoms with Gasteiger partial charge in [-0.05, 0) is 40.2 Å². The van der Waals surface area contributed by atoms with Gasteiger partial charge in [0, 0.05) is 32.1 Å². The molecular weight excluding hydrogens is 436 g/mol. The normalized spacial score (nSPS) is 10.4. The van der Waals surface area contributed by atoms with Crippen LogP contribution in [0.25, 0.3) is 21.8 Å².